The van der Waals surface area contributed by atoms with E-state index in [1.165, 1.54) is 12.8 Å². The second-order valence-corrected chi connectivity index (χ2v) is 5.00. The molecule has 2 unspecified atom stereocenters. The summed E-state index contributed by atoms with van der Waals surface area (Å²) in [6.45, 7) is 7.95. The number of hydrogen-bond donors (Lipinski definition) is 0. The fourth-order valence-electron chi connectivity index (χ4n) is 1.24. The standard InChI is InChI=1S/C10H19BrO/c1-8(2)10(3,7-11)5-4-9-6-12-9/h8-9H,4-7H2,1-3H3. The van der Waals surface area contributed by atoms with Crippen molar-refractivity contribution in [3.05, 3.63) is 0 Å². The fraction of sp³-hybridized carbons (Fsp3) is 1.00. The number of epoxide rings is 1. The van der Waals surface area contributed by atoms with Gasteiger partial charge in [-0.1, -0.05) is 36.7 Å². The van der Waals surface area contributed by atoms with Crippen molar-refractivity contribution in [3.63, 3.8) is 0 Å². The Kier molecular flexibility index (Phi) is 3.59. The molecule has 1 aliphatic rings. The molecule has 12 heavy (non-hydrogen) atoms. The first-order chi connectivity index (χ1) is 5.58. The molecular formula is C10H19BrO. The van der Waals surface area contributed by atoms with E-state index in [-0.39, 0.29) is 0 Å². The average molecular weight is 235 g/mol. The lowest BCUT2D eigenvalue weighted by Crippen LogP contribution is -2.25. The Labute approximate surface area is 84.0 Å². The Hall–Kier alpha value is 0.440. The third kappa shape index (κ3) is 2.74. The summed E-state index contributed by atoms with van der Waals surface area (Å²) in [7, 11) is 0. The molecule has 0 spiro atoms. The van der Waals surface area contributed by atoms with Crippen molar-refractivity contribution in [1.82, 2.24) is 0 Å². The van der Waals surface area contributed by atoms with Crippen LogP contribution < -0.4 is 0 Å². The maximum Gasteiger partial charge on any atom is 0.0810 e. The maximum atomic E-state index is 5.21. The van der Waals surface area contributed by atoms with Crippen LogP contribution in [-0.4, -0.2) is 18.0 Å². The Morgan fingerprint density at radius 2 is 2.17 bits per heavy atom. The number of ether oxygens (including phenoxy) is 1. The molecule has 1 fully saturated rings. The van der Waals surface area contributed by atoms with Crippen LogP contribution in [0.2, 0.25) is 0 Å². The van der Waals surface area contributed by atoms with Gasteiger partial charge < -0.3 is 4.74 Å². The first-order valence-electron chi connectivity index (χ1n) is 4.76. The van der Waals surface area contributed by atoms with Gasteiger partial charge in [0.05, 0.1) is 12.7 Å². The van der Waals surface area contributed by atoms with Crippen molar-refractivity contribution in [2.24, 2.45) is 11.3 Å². The molecule has 0 bridgehead atoms. The third-order valence-corrected chi connectivity index (χ3v) is 4.42. The predicted molar refractivity (Wildman–Crippen MR) is 55.7 cm³/mol. The van der Waals surface area contributed by atoms with E-state index in [4.69, 9.17) is 4.74 Å². The van der Waals surface area contributed by atoms with Gasteiger partial charge in [0.1, 0.15) is 0 Å². The van der Waals surface area contributed by atoms with Crippen LogP contribution in [0, 0.1) is 11.3 Å². The van der Waals surface area contributed by atoms with Crippen molar-refractivity contribution in [2.45, 2.75) is 39.7 Å². The van der Waals surface area contributed by atoms with E-state index in [1.807, 2.05) is 0 Å². The Morgan fingerprint density at radius 3 is 2.50 bits per heavy atom. The van der Waals surface area contributed by atoms with Gasteiger partial charge in [0.25, 0.3) is 0 Å². The zero-order chi connectivity index (χ0) is 9.19. The van der Waals surface area contributed by atoms with Gasteiger partial charge in [-0.2, -0.15) is 0 Å². The van der Waals surface area contributed by atoms with Gasteiger partial charge in [-0.25, -0.2) is 0 Å². The lowest BCUT2D eigenvalue weighted by molar-refractivity contribution is 0.221. The maximum absolute atomic E-state index is 5.21. The average Bonchev–Trinajstić information content (AvgIpc) is 2.83. The number of hydrogen-bond acceptors (Lipinski definition) is 1. The highest BCUT2D eigenvalue weighted by Gasteiger charge is 2.31. The second-order valence-electron chi connectivity index (χ2n) is 4.44. The van der Waals surface area contributed by atoms with E-state index < -0.39 is 0 Å². The van der Waals surface area contributed by atoms with Crippen LogP contribution in [-0.2, 0) is 4.74 Å². The van der Waals surface area contributed by atoms with Crippen LogP contribution in [0.15, 0.2) is 0 Å². The highest BCUT2D eigenvalue weighted by Crippen LogP contribution is 2.36. The SMILES string of the molecule is CC(C)C(C)(CBr)CCC1CO1. The highest BCUT2D eigenvalue weighted by molar-refractivity contribution is 9.09. The Balaban J connectivity index is 2.30. The molecular weight excluding hydrogens is 216 g/mol. The smallest absolute Gasteiger partial charge is 0.0810 e. The van der Waals surface area contributed by atoms with E-state index in [2.05, 4.69) is 36.7 Å². The van der Waals surface area contributed by atoms with Crippen molar-refractivity contribution in [2.75, 3.05) is 11.9 Å². The summed E-state index contributed by atoms with van der Waals surface area (Å²) in [6, 6.07) is 0. The molecule has 1 rings (SSSR count). The summed E-state index contributed by atoms with van der Waals surface area (Å²) >= 11 is 3.60. The zero-order valence-electron chi connectivity index (χ0n) is 8.27. The second kappa shape index (κ2) is 4.10. The highest BCUT2D eigenvalue weighted by atomic mass is 79.9. The molecule has 2 heteroatoms. The quantitative estimate of drug-likeness (QED) is 0.526. The molecule has 0 saturated carbocycles. The van der Waals surface area contributed by atoms with Crippen LogP contribution >= 0.6 is 15.9 Å². The van der Waals surface area contributed by atoms with Gasteiger partial charge in [-0.15, -0.1) is 0 Å². The molecule has 0 aliphatic carbocycles. The third-order valence-electron chi connectivity index (χ3n) is 3.14. The van der Waals surface area contributed by atoms with Crippen molar-refractivity contribution < 1.29 is 4.74 Å². The van der Waals surface area contributed by atoms with E-state index in [1.54, 1.807) is 0 Å². The fourth-order valence-corrected chi connectivity index (χ4v) is 2.16. The molecule has 1 nitrogen and oxygen atoms in total. The number of alkyl halides is 1. The first-order valence-corrected chi connectivity index (χ1v) is 5.88. The largest absolute Gasteiger partial charge is 0.373 e. The summed E-state index contributed by atoms with van der Waals surface area (Å²) < 4.78 is 5.21. The molecule has 0 aromatic rings. The summed E-state index contributed by atoms with van der Waals surface area (Å²) in [5.74, 6) is 0.746. The molecule has 0 amide bonds. The number of halogens is 1. The minimum absolute atomic E-state index is 0.450. The normalized spacial score (nSPS) is 27.2. The van der Waals surface area contributed by atoms with Crippen LogP contribution in [0.1, 0.15) is 33.6 Å². The van der Waals surface area contributed by atoms with Crippen LogP contribution in [0.25, 0.3) is 0 Å². The molecule has 0 radical (unpaired) electrons. The molecule has 0 N–H and O–H groups in total. The van der Waals surface area contributed by atoms with Gasteiger partial charge in [0.15, 0.2) is 0 Å². The van der Waals surface area contributed by atoms with E-state index in [9.17, 15) is 0 Å². The monoisotopic (exact) mass is 234 g/mol. The molecule has 1 heterocycles. The van der Waals surface area contributed by atoms with Crippen LogP contribution in [0.3, 0.4) is 0 Å². The molecule has 2 atom stereocenters. The first kappa shape index (κ1) is 10.5. The number of rotatable bonds is 5. The summed E-state index contributed by atoms with van der Waals surface area (Å²) in [6.07, 6.45) is 3.10. The van der Waals surface area contributed by atoms with E-state index in [0.29, 0.717) is 11.5 Å². The summed E-state index contributed by atoms with van der Waals surface area (Å²) in [4.78, 5) is 0. The molecule has 1 aliphatic heterocycles. The van der Waals surface area contributed by atoms with Crippen molar-refractivity contribution in [3.8, 4) is 0 Å². The molecule has 0 aromatic carbocycles. The topological polar surface area (TPSA) is 12.5 Å². The minimum Gasteiger partial charge on any atom is -0.373 e. The zero-order valence-corrected chi connectivity index (χ0v) is 9.86. The van der Waals surface area contributed by atoms with Gasteiger partial charge in [0.2, 0.25) is 0 Å². The van der Waals surface area contributed by atoms with Gasteiger partial charge in [0, 0.05) is 5.33 Å². The molecule has 1 saturated heterocycles. The Morgan fingerprint density at radius 1 is 1.58 bits per heavy atom. The van der Waals surface area contributed by atoms with Gasteiger partial charge >= 0.3 is 0 Å². The lowest BCUT2D eigenvalue weighted by atomic mass is 9.77. The molecule has 72 valence electrons. The van der Waals surface area contributed by atoms with Crippen molar-refractivity contribution >= 4 is 15.9 Å². The summed E-state index contributed by atoms with van der Waals surface area (Å²) in [5, 5.41) is 1.10. The predicted octanol–water partition coefficient (Wildman–Crippen LogP) is 3.22. The van der Waals surface area contributed by atoms with E-state index in [0.717, 1.165) is 17.9 Å². The van der Waals surface area contributed by atoms with E-state index >= 15 is 0 Å². The minimum atomic E-state index is 0.450. The lowest BCUT2D eigenvalue weighted by Gasteiger charge is -2.31. The summed E-state index contributed by atoms with van der Waals surface area (Å²) in [5.41, 5.74) is 0.450. The molecule has 0 aromatic heterocycles. The Bertz CT molecular complexity index is 143. The van der Waals surface area contributed by atoms with Gasteiger partial charge in [-0.3, -0.25) is 0 Å². The van der Waals surface area contributed by atoms with Crippen molar-refractivity contribution in [1.29, 1.82) is 0 Å². The van der Waals surface area contributed by atoms with Crippen LogP contribution in [0.4, 0.5) is 0 Å². The van der Waals surface area contributed by atoms with Gasteiger partial charge in [-0.05, 0) is 24.2 Å². The van der Waals surface area contributed by atoms with Crippen LogP contribution in [0.5, 0.6) is 0 Å².